The topological polar surface area (TPSA) is 101 Å². The lowest BCUT2D eigenvalue weighted by Crippen LogP contribution is -2.22. The Kier molecular flexibility index (Phi) is 3.20. The smallest absolute Gasteiger partial charge is 0.257 e. The van der Waals surface area contributed by atoms with Crippen molar-refractivity contribution in [1.29, 1.82) is 0 Å². The number of carbonyl (C=O) groups is 1. The number of aromatic hydroxyl groups is 1. The van der Waals surface area contributed by atoms with Crippen molar-refractivity contribution in [1.82, 2.24) is 4.90 Å². The third-order valence-electron chi connectivity index (χ3n) is 1.93. The molecular weight excluding hydrogens is 232 g/mol. The highest BCUT2D eigenvalue weighted by Gasteiger charge is 2.16. The van der Waals surface area contributed by atoms with Crippen molar-refractivity contribution in [3.8, 4) is 5.75 Å². The maximum atomic E-state index is 11.5. The van der Waals surface area contributed by atoms with Gasteiger partial charge < -0.3 is 10.0 Å². The SMILES string of the molecule is CN(C)C(=O)c1ccc(S(N)(=O)=O)cc1O. The van der Waals surface area contributed by atoms with Gasteiger partial charge in [0.2, 0.25) is 10.0 Å². The molecule has 0 atom stereocenters. The maximum absolute atomic E-state index is 11.5. The first-order valence-corrected chi connectivity index (χ1v) is 5.85. The van der Waals surface area contributed by atoms with Crippen LogP contribution in [0, 0.1) is 0 Å². The Hall–Kier alpha value is -1.60. The van der Waals surface area contributed by atoms with Crippen LogP contribution >= 0.6 is 0 Å². The molecule has 1 rings (SSSR count). The summed E-state index contributed by atoms with van der Waals surface area (Å²) in [6, 6.07) is 3.34. The minimum absolute atomic E-state index is 0.0254. The van der Waals surface area contributed by atoms with E-state index in [-0.39, 0.29) is 10.5 Å². The van der Waals surface area contributed by atoms with Crippen molar-refractivity contribution in [3.05, 3.63) is 23.8 Å². The van der Waals surface area contributed by atoms with Gasteiger partial charge >= 0.3 is 0 Å². The quantitative estimate of drug-likeness (QED) is 0.748. The maximum Gasteiger partial charge on any atom is 0.257 e. The summed E-state index contributed by atoms with van der Waals surface area (Å²) in [7, 11) is -0.827. The summed E-state index contributed by atoms with van der Waals surface area (Å²) >= 11 is 0. The number of rotatable bonds is 2. The summed E-state index contributed by atoms with van der Waals surface area (Å²) in [5.74, 6) is -0.830. The summed E-state index contributed by atoms with van der Waals surface area (Å²) in [6.07, 6.45) is 0. The fraction of sp³-hybridized carbons (Fsp3) is 0.222. The standard InChI is InChI=1S/C9H12N2O4S/c1-11(2)9(13)7-4-3-6(5-8(7)12)16(10,14)15/h3-5,12H,1-2H3,(H2,10,14,15). The van der Waals surface area contributed by atoms with Gasteiger partial charge in [0.15, 0.2) is 0 Å². The van der Waals surface area contributed by atoms with Gasteiger partial charge in [-0.3, -0.25) is 4.79 Å². The second-order valence-electron chi connectivity index (χ2n) is 3.42. The minimum atomic E-state index is -3.87. The number of phenols is 1. The Bertz CT molecular complexity index is 522. The minimum Gasteiger partial charge on any atom is -0.507 e. The van der Waals surface area contributed by atoms with E-state index < -0.39 is 21.7 Å². The van der Waals surface area contributed by atoms with Crippen LogP contribution in [-0.4, -0.2) is 38.4 Å². The zero-order chi connectivity index (χ0) is 12.5. The first-order chi connectivity index (χ1) is 7.23. The highest BCUT2D eigenvalue weighted by Crippen LogP contribution is 2.21. The summed E-state index contributed by atoms with van der Waals surface area (Å²) < 4.78 is 21.9. The van der Waals surface area contributed by atoms with Gasteiger partial charge in [0.25, 0.3) is 5.91 Å². The summed E-state index contributed by atoms with van der Waals surface area (Å²) in [4.78, 5) is 12.5. The van der Waals surface area contributed by atoms with Crippen LogP contribution in [0.3, 0.4) is 0 Å². The number of amides is 1. The molecule has 6 nitrogen and oxygen atoms in total. The first kappa shape index (κ1) is 12.5. The molecule has 0 saturated carbocycles. The van der Waals surface area contributed by atoms with E-state index in [1.807, 2.05) is 0 Å². The molecule has 0 fully saturated rings. The molecule has 0 aliphatic heterocycles. The molecule has 0 aliphatic carbocycles. The van der Waals surface area contributed by atoms with Crippen molar-refractivity contribution in [2.75, 3.05) is 14.1 Å². The number of hydrogen-bond donors (Lipinski definition) is 2. The molecule has 0 saturated heterocycles. The van der Waals surface area contributed by atoms with Crippen molar-refractivity contribution < 1.29 is 18.3 Å². The molecule has 1 aromatic rings. The Balaban J connectivity index is 3.26. The van der Waals surface area contributed by atoms with Crippen molar-refractivity contribution in [2.24, 2.45) is 5.14 Å². The van der Waals surface area contributed by atoms with Gasteiger partial charge in [0.1, 0.15) is 5.75 Å². The lowest BCUT2D eigenvalue weighted by molar-refractivity contribution is 0.0824. The second kappa shape index (κ2) is 4.11. The zero-order valence-electron chi connectivity index (χ0n) is 8.84. The van der Waals surface area contributed by atoms with E-state index in [0.717, 1.165) is 6.07 Å². The van der Waals surface area contributed by atoms with Crippen LogP contribution in [0.5, 0.6) is 5.75 Å². The first-order valence-electron chi connectivity index (χ1n) is 4.31. The molecule has 0 radical (unpaired) electrons. The lowest BCUT2D eigenvalue weighted by atomic mass is 10.2. The van der Waals surface area contributed by atoms with E-state index in [4.69, 9.17) is 5.14 Å². The Labute approximate surface area is 93.3 Å². The molecule has 1 aromatic carbocycles. The van der Waals surface area contributed by atoms with Crippen LogP contribution in [-0.2, 0) is 10.0 Å². The molecule has 16 heavy (non-hydrogen) atoms. The van der Waals surface area contributed by atoms with E-state index in [1.165, 1.54) is 31.1 Å². The number of sulfonamides is 1. The molecule has 0 bridgehead atoms. The Morgan fingerprint density at radius 3 is 2.31 bits per heavy atom. The number of nitrogens with zero attached hydrogens (tertiary/aromatic N) is 1. The van der Waals surface area contributed by atoms with Crippen molar-refractivity contribution >= 4 is 15.9 Å². The molecule has 1 amide bonds. The zero-order valence-corrected chi connectivity index (χ0v) is 9.65. The number of primary sulfonamides is 1. The van der Waals surface area contributed by atoms with E-state index in [2.05, 4.69) is 0 Å². The number of carbonyl (C=O) groups excluding carboxylic acids is 1. The van der Waals surface area contributed by atoms with E-state index >= 15 is 0 Å². The van der Waals surface area contributed by atoms with Crippen LogP contribution in [0.15, 0.2) is 23.1 Å². The predicted octanol–water partition coefficient (Wildman–Crippen LogP) is -0.259. The van der Waals surface area contributed by atoms with Gasteiger partial charge in [0, 0.05) is 20.2 Å². The fourth-order valence-electron chi connectivity index (χ4n) is 1.11. The molecule has 0 spiro atoms. The monoisotopic (exact) mass is 244 g/mol. The van der Waals surface area contributed by atoms with Crippen molar-refractivity contribution in [3.63, 3.8) is 0 Å². The van der Waals surface area contributed by atoms with Crippen LogP contribution in [0.2, 0.25) is 0 Å². The van der Waals surface area contributed by atoms with Gasteiger partial charge in [-0.05, 0) is 12.1 Å². The third-order valence-corrected chi connectivity index (χ3v) is 2.85. The molecular formula is C9H12N2O4S. The molecule has 0 aromatic heterocycles. The molecule has 0 aliphatic rings. The molecule has 7 heteroatoms. The molecule has 3 N–H and O–H groups in total. The van der Waals surface area contributed by atoms with Gasteiger partial charge in [-0.1, -0.05) is 0 Å². The average Bonchev–Trinajstić information content (AvgIpc) is 2.15. The number of nitrogens with two attached hydrogens (primary N) is 1. The summed E-state index contributed by atoms with van der Waals surface area (Å²) in [5.41, 5.74) is 0.0254. The largest absolute Gasteiger partial charge is 0.507 e. The third kappa shape index (κ3) is 2.50. The van der Waals surface area contributed by atoms with Gasteiger partial charge in [-0.25, -0.2) is 13.6 Å². The molecule has 0 unspecified atom stereocenters. The lowest BCUT2D eigenvalue weighted by Gasteiger charge is -2.11. The molecule has 0 heterocycles. The van der Waals surface area contributed by atoms with Gasteiger partial charge in [0.05, 0.1) is 10.5 Å². The predicted molar refractivity (Wildman–Crippen MR) is 57.5 cm³/mol. The highest BCUT2D eigenvalue weighted by molar-refractivity contribution is 7.89. The number of hydrogen-bond acceptors (Lipinski definition) is 4. The summed E-state index contributed by atoms with van der Waals surface area (Å²) in [6.45, 7) is 0. The number of benzene rings is 1. The summed E-state index contributed by atoms with van der Waals surface area (Å²) in [5, 5.41) is 14.4. The molecule has 88 valence electrons. The van der Waals surface area contributed by atoms with Crippen LogP contribution < -0.4 is 5.14 Å². The Morgan fingerprint density at radius 1 is 1.38 bits per heavy atom. The highest BCUT2D eigenvalue weighted by atomic mass is 32.2. The fourth-order valence-corrected chi connectivity index (χ4v) is 1.64. The van der Waals surface area contributed by atoms with E-state index in [0.29, 0.717) is 0 Å². The van der Waals surface area contributed by atoms with Crippen molar-refractivity contribution in [2.45, 2.75) is 4.90 Å². The van der Waals surface area contributed by atoms with Gasteiger partial charge in [-0.2, -0.15) is 0 Å². The average molecular weight is 244 g/mol. The van der Waals surface area contributed by atoms with Crippen LogP contribution in [0.25, 0.3) is 0 Å². The number of phenolic OH excluding ortho intramolecular Hbond substituents is 1. The van der Waals surface area contributed by atoms with Gasteiger partial charge in [-0.15, -0.1) is 0 Å². The Morgan fingerprint density at radius 2 is 1.94 bits per heavy atom. The van der Waals surface area contributed by atoms with E-state index in [9.17, 15) is 18.3 Å². The normalized spacial score (nSPS) is 11.2. The van der Waals surface area contributed by atoms with Crippen LogP contribution in [0.1, 0.15) is 10.4 Å². The van der Waals surface area contributed by atoms with E-state index in [1.54, 1.807) is 0 Å². The van der Waals surface area contributed by atoms with Crippen LogP contribution in [0.4, 0.5) is 0 Å². The second-order valence-corrected chi connectivity index (χ2v) is 4.98.